The zero-order chi connectivity index (χ0) is 17.7. The second-order valence-electron chi connectivity index (χ2n) is 4.86. The maximum Gasteiger partial charge on any atom is 0.339 e. The van der Waals surface area contributed by atoms with Gasteiger partial charge in [-0.1, -0.05) is 31.2 Å². The van der Waals surface area contributed by atoms with Gasteiger partial charge in [-0.05, 0) is 18.2 Å². The van der Waals surface area contributed by atoms with Crippen LogP contribution in [0.25, 0.3) is 0 Å². The number of hydrogen-bond donors (Lipinski definition) is 0. The molecule has 0 aromatic heterocycles. The Morgan fingerprint density at radius 2 is 1.75 bits per heavy atom. The standard InChI is InChI=1S/C16H15NO6S/c1-2-24(21,22)15-10-6-4-8-13(15)16(18)23-11-12-7-3-5-9-14(12)17(19)20/h3-10H,2,11H2,1H3. The van der Waals surface area contributed by atoms with Gasteiger partial charge in [0.1, 0.15) is 6.61 Å². The molecule has 2 aromatic carbocycles. The molecule has 0 saturated heterocycles. The second kappa shape index (κ2) is 7.22. The lowest BCUT2D eigenvalue weighted by Gasteiger charge is -2.09. The number of benzene rings is 2. The molecule has 8 heteroatoms. The van der Waals surface area contributed by atoms with E-state index >= 15 is 0 Å². The van der Waals surface area contributed by atoms with E-state index < -0.39 is 20.7 Å². The van der Waals surface area contributed by atoms with Crippen molar-refractivity contribution in [1.82, 2.24) is 0 Å². The van der Waals surface area contributed by atoms with Gasteiger partial charge in [-0.3, -0.25) is 10.1 Å². The van der Waals surface area contributed by atoms with Gasteiger partial charge in [-0.25, -0.2) is 13.2 Å². The summed E-state index contributed by atoms with van der Waals surface area (Å²) >= 11 is 0. The molecule has 0 N–H and O–H groups in total. The first kappa shape index (κ1) is 17.6. The highest BCUT2D eigenvalue weighted by Crippen LogP contribution is 2.21. The minimum absolute atomic E-state index is 0.0852. The predicted octanol–water partition coefficient (Wildman–Crippen LogP) is 2.75. The summed E-state index contributed by atoms with van der Waals surface area (Å²) in [4.78, 5) is 22.5. The molecule has 0 spiro atoms. The van der Waals surface area contributed by atoms with Gasteiger partial charge in [0.2, 0.25) is 0 Å². The van der Waals surface area contributed by atoms with Crippen molar-refractivity contribution in [3.05, 3.63) is 69.8 Å². The Bertz CT molecular complexity index is 876. The molecular formula is C16H15NO6S. The van der Waals surface area contributed by atoms with Gasteiger partial charge in [-0.15, -0.1) is 0 Å². The quantitative estimate of drug-likeness (QED) is 0.451. The fourth-order valence-corrected chi connectivity index (χ4v) is 3.18. The minimum atomic E-state index is -3.59. The van der Waals surface area contributed by atoms with Crippen molar-refractivity contribution in [3.63, 3.8) is 0 Å². The van der Waals surface area contributed by atoms with E-state index in [4.69, 9.17) is 4.74 Å². The number of esters is 1. The van der Waals surface area contributed by atoms with Crippen molar-refractivity contribution in [2.75, 3.05) is 5.75 Å². The van der Waals surface area contributed by atoms with Gasteiger partial charge in [-0.2, -0.15) is 0 Å². The fourth-order valence-electron chi connectivity index (χ4n) is 2.09. The van der Waals surface area contributed by atoms with Crippen LogP contribution in [0.5, 0.6) is 0 Å². The number of nitro benzene ring substituents is 1. The molecular weight excluding hydrogens is 334 g/mol. The summed E-state index contributed by atoms with van der Waals surface area (Å²) in [6.07, 6.45) is 0. The Morgan fingerprint density at radius 1 is 1.12 bits per heavy atom. The summed E-state index contributed by atoms with van der Waals surface area (Å²) in [6, 6.07) is 11.6. The Labute approximate surface area is 139 Å². The van der Waals surface area contributed by atoms with E-state index in [0.29, 0.717) is 0 Å². The summed E-state index contributed by atoms with van der Waals surface area (Å²) in [5.41, 5.74) is -0.0237. The Balaban J connectivity index is 2.25. The average Bonchev–Trinajstić information content (AvgIpc) is 2.59. The van der Waals surface area contributed by atoms with E-state index in [1.54, 1.807) is 6.07 Å². The first-order chi connectivity index (χ1) is 11.4. The highest BCUT2D eigenvalue weighted by Gasteiger charge is 2.22. The molecule has 0 aliphatic rings. The molecule has 0 bridgehead atoms. The van der Waals surface area contributed by atoms with Crippen molar-refractivity contribution in [1.29, 1.82) is 0 Å². The van der Waals surface area contributed by atoms with Crippen molar-refractivity contribution >= 4 is 21.5 Å². The van der Waals surface area contributed by atoms with Crippen LogP contribution < -0.4 is 0 Å². The van der Waals surface area contributed by atoms with Gasteiger partial charge in [0, 0.05) is 6.07 Å². The lowest BCUT2D eigenvalue weighted by molar-refractivity contribution is -0.385. The van der Waals surface area contributed by atoms with E-state index in [1.165, 1.54) is 49.4 Å². The van der Waals surface area contributed by atoms with E-state index in [-0.39, 0.29) is 34.1 Å². The van der Waals surface area contributed by atoms with E-state index in [2.05, 4.69) is 0 Å². The van der Waals surface area contributed by atoms with Crippen molar-refractivity contribution in [2.24, 2.45) is 0 Å². The van der Waals surface area contributed by atoms with Crippen LogP contribution in [0.1, 0.15) is 22.8 Å². The molecule has 0 amide bonds. The smallest absolute Gasteiger partial charge is 0.339 e. The van der Waals surface area contributed by atoms with Crippen LogP contribution in [0.3, 0.4) is 0 Å². The molecule has 0 radical (unpaired) electrons. The van der Waals surface area contributed by atoms with Crippen LogP contribution >= 0.6 is 0 Å². The second-order valence-corrected chi connectivity index (χ2v) is 7.11. The molecule has 2 aromatic rings. The van der Waals surface area contributed by atoms with Crippen LogP contribution in [0.15, 0.2) is 53.4 Å². The molecule has 0 aliphatic heterocycles. The average molecular weight is 349 g/mol. The lowest BCUT2D eigenvalue weighted by Crippen LogP contribution is -2.13. The monoisotopic (exact) mass is 349 g/mol. The number of nitrogens with zero attached hydrogens (tertiary/aromatic N) is 1. The number of sulfone groups is 1. The normalized spacial score (nSPS) is 11.0. The SMILES string of the molecule is CCS(=O)(=O)c1ccccc1C(=O)OCc1ccccc1[N+](=O)[O-]. The topological polar surface area (TPSA) is 104 Å². The molecule has 0 fully saturated rings. The number of carbonyl (C=O) groups is 1. The van der Waals surface area contributed by atoms with Gasteiger partial charge in [0.25, 0.3) is 5.69 Å². The van der Waals surface area contributed by atoms with Gasteiger partial charge in [0.05, 0.1) is 26.7 Å². The van der Waals surface area contributed by atoms with Crippen LogP contribution in [0.4, 0.5) is 5.69 Å². The first-order valence-corrected chi connectivity index (χ1v) is 8.73. The zero-order valence-electron chi connectivity index (χ0n) is 12.8. The van der Waals surface area contributed by atoms with Crippen LogP contribution in [-0.2, 0) is 21.2 Å². The number of para-hydroxylation sites is 1. The Kier molecular flexibility index (Phi) is 5.30. The number of ether oxygens (including phenoxy) is 1. The van der Waals surface area contributed by atoms with Crippen molar-refractivity contribution in [2.45, 2.75) is 18.4 Å². The highest BCUT2D eigenvalue weighted by molar-refractivity contribution is 7.91. The molecule has 126 valence electrons. The number of nitro groups is 1. The summed E-state index contributed by atoms with van der Waals surface area (Å²) in [5.74, 6) is -0.998. The third kappa shape index (κ3) is 3.77. The first-order valence-electron chi connectivity index (χ1n) is 7.08. The van der Waals surface area contributed by atoms with Crippen molar-refractivity contribution in [3.8, 4) is 0 Å². The van der Waals surface area contributed by atoms with Gasteiger partial charge < -0.3 is 4.74 Å². The maximum atomic E-state index is 12.2. The molecule has 24 heavy (non-hydrogen) atoms. The third-order valence-corrected chi connectivity index (χ3v) is 5.16. The Morgan fingerprint density at radius 3 is 2.42 bits per heavy atom. The number of carbonyl (C=O) groups excluding carboxylic acids is 1. The predicted molar refractivity (Wildman–Crippen MR) is 86.4 cm³/mol. The van der Waals surface area contributed by atoms with E-state index in [9.17, 15) is 23.3 Å². The maximum absolute atomic E-state index is 12.2. The molecule has 0 aliphatic carbocycles. The zero-order valence-corrected chi connectivity index (χ0v) is 13.7. The summed E-state index contributed by atoms with van der Waals surface area (Å²) in [7, 11) is -3.59. The molecule has 0 unspecified atom stereocenters. The lowest BCUT2D eigenvalue weighted by atomic mass is 10.2. The van der Waals surface area contributed by atoms with E-state index in [0.717, 1.165) is 0 Å². The van der Waals surface area contributed by atoms with E-state index in [1.807, 2.05) is 0 Å². The molecule has 0 saturated carbocycles. The number of rotatable bonds is 6. The van der Waals surface area contributed by atoms with Crippen LogP contribution in [-0.4, -0.2) is 25.1 Å². The minimum Gasteiger partial charge on any atom is -0.457 e. The summed E-state index contributed by atoms with van der Waals surface area (Å²) < 4.78 is 29.2. The van der Waals surface area contributed by atoms with Crippen LogP contribution in [0.2, 0.25) is 0 Å². The summed E-state index contributed by atoms with van der Waals surface area (Å²) in [6.45, 7) is 1.15. The highest BCUT2D eigenvalue weighted by atomic mass is 32.2. The number of hydrogen-bond acceptors (Lipinski definition) is 6. The van der Waals surface area contributed by atoms with Crippen LogP contribution in [0, 0.1) is 10.1 Å². The van der Waals surface area contributed by atoms with Gasteiger partial charge in [0.15, 0.2) is 9.84 Å². The Hall–Kier alpha value is -2.74. The molecule has 2 rings (SSSR count). The molecule has 7 nitrogen and oxygen atoms in total. The fraction of sp³-hybridized carbons (Fsp3) is 0.188. The molecule has 0 atom stereocenters. The van der Waals surface area contributed by atoms with Gasteiger partial charge >= 0.3 is 5.97 Å². The van der Waals surface area contributed by atoms with Crippen molar-refractivity contribution < 1.29 is 22.9 Å². The molecule has 0 heterocycles. The third-order valence-electron chi connectivity index (χ3n) is 3.37. The largest absolute Gasteiger partial charge is 0.457 e. The summed E-state index contributed by atoms with van der Waals surface area (Å²) in [5, 5.41) is 10.9.